The SMILES string of the molecule is CCOc1cc(CN2CCC(O)(CN3CCN(c4ccccc4)CC3)C2)ccc1OCCN1CCOCC1. The Balaban J connectivity index is 1.09. The van der Waals surface area contributed by atoms with E-state index in [-0.39, 0.29) is 0 Å². The predicted octanol–water partition coefficient (Wildman–Crippen LogP) is 2.56. The number of hydrogen-bond donors (Lipinski definition) is 1. The van der Waals surface area contributed by atoms with Crippen molar-refractivity contribution in [3.63, 3.8) is 0 Å². The summed E-state index contributed by atoms with van der Waals surface area (Å²) in [4.78, 5) is 9.60. The second-order valence-corrected chi connectivity index (χ2v) is 10.8. The van der Waals surface area contributed by atoms with Crippen LogP contribution in [-0.2, 0) is 11.3 Å². The summed E-state index contributed by atoms with van der Waals surface area (Å²) in [7, 11) is 0. The van der Waals surface area contributed by atoms with Crippen molar-refractivity contribution in [2.75, 3.05) is 96.8 Å². The van der Waals surface area contributed by atoms with Crippen molar-refractivity contribution in [1.82, 2.24) is 14.7 Å². The van der Waals surface area contributed by atoms with Crippen LogP contribution in [0.4, 0.5) is 5.69 Å². The Bertz CT molecular complexity index is 995. The first-order valence-electron chi connectivity index (χ1n) is 14.3. The van der Waals surface area contributed by atoms with Crippen LogP contribution in [-0.4, -0.2) is 117 Å². The van der Waals surface area contributed by atoms with Gasteiger partial charge in [-0.2, -0.15) is 0 Å². The van der Waals surface area contributed by atoms with Crippen LogP contribution in [0.5, 0.6) is 11.5 Å². The average Bonchev–Trinajstić information content (AvgIpc) is 3.31. The number of likely N-dealkylation sites (tertiary alicyclic amines) is 1. The van der Waals surface area contributed by atoms with Crippen LogP contribution in [0.1, 0.15) is 18.9 Å². The molecule has 0 bridgehead atoms. The van der Waals surface area contributed by atoms with E-state index in [2.05, 4.69) is 62.1 Å². The maximum absolute atomic E-state index is 11.4. The van der Waals surface area contributed by atoms with Crippen molar-refractivity contribution >= 4 is 5.69 Å². The van der Waals surface area contributed by atoms with Gasteiger partial charge in [-0.25, -0.2) is 0 Å². The lowest BCUT2D eigenvalue weighted by Gasteiger charge is -2.39. The summed E-state index contributed by atoms with van der Waals surface area (Å²) in [6.07, 6.45) is 0.812. The molecule has 1 unspecified atom stereocenters. The molecule has 38 heavy (non-hydrogen) atoms. The number of benzene rings is 2. The number of anilines is 1. The Morgan fingerprint density at radius 3 is 2.39 bits per heavy atom. The first-order valence-corrected chi connectivity index (χ1v) is 14.3. The smallest absolute Gasteiger partial charge is 0.161 e. The van der Waals surface area contributed by atoms with Crippen LogP contribution in [0, 0.1) is 0 Å². The van der Waals surface area contributed by atoms with Crippen LogP contribution < -0.4 is 14.4 Å². The van der Waals surface area contributed by atoms with Gasteiger partial charge in [0.1, 0.15) is 6.61 Å². The molecule has 8 nitrogen and oxygen atoms in total. The molecule has 0 radical (unpaired) electrons. The third-order valence-electron chi connectivity index (χ3n) is 7.91. The summed E-state index contributed by atoms with van der Waals surface area (Å²) in [6, 6.07) is 16.9. The summed E-state index contributed by atoms with van der Waals surface area (Å²) < 4.78 is 17.5. The Labute approximate surface area is 227 Å². The van der Waals surface area contributed by atoms with Crippen molar-refractivity contribution in [2.24, 2.45) is 0 Å². The lowest BCUT2D eigenvalue weighted by atomic mass is 10.0. The highest BCUT2D eigenvalue weighted by molar-refractivity contribution is 5.46. The molecule has 0 aliphatic carbocycles. The molecule has 0 saturated carbocycles. The van der Waals surface area contributed by atoms with E-state index in [4.69, 9.17) is 14.2 Å². The summed E-state index contributed by atoms with van der Waals surface area (Å²) in [5.41, 5.74) is 1.83. The number of β-amino-alcohol motifs (C(OH)–C–C–N with tert-alkyl or cyclic N) is 1. The minimum atomic E-state index is -0.653. The summed E-state index contributed by atoms with van der Waals surface area (Å²) in [5, 5.41) is 11.4. The van der Waals surface area contributed by atoms with Crippen molar-refractivity contribution in [2.45, 2.75) is 25.5 Å². The number of aliphatic hydroxyl groups is 1. The second-order valence-electron chi connectivity index (χ2n) is 10.8. The molecule has 2 aromatic carbocycles. The van der Waals surface area contributed by atoms with Gasteiger partial charge in [0.25, 0.3) is 0 Å². The van der Waals surface area contributed by atoms with Gasteiger partial charge in [0.2, 0.25) is 0 Å². The zero-order chi connectivity index (χ0) is 26.2. The largest absolute Gasteiger partial charge is 0.490 e. The Morgan fingerprint density at radius 1 is 0.842 bits per heavy atom. The molecule has 3 heterocycles. The molecular formula is C30H44N4O4. The zero-order valence-electron chi connectivity index (χ0n) is 22.9. The van der Waals surface area contributed by atoms with Gasteiger partial charge in [-0.1, -0.05) is 24.3 Å². The van der Waals surface area contributed by atoms with E-state index in [1.54, 1.807) is 0 Å². The molecule has 2 aromatic rings. The number of para-hydroxylation sites is 1. The van der Waals surface area contributed by atoms with Crippen molar-refractivity contribution in [1.29, 1.82) is 0 Å². The first kappa shape index (κ1) is 27.2. The first-order chi connectivity index (χ1) is 18.6. The standard InChI is InChI=1S/C30H44N4O4/c1-2-37-29-22-26(8-9-28(29)38-21-18-31-16-19-36-20-17-31)23-33-11-10-30(35,25-33)24-32-12-14-34(15-13-32)27-6-4-3-5-7-27/h3-9,22,35H,2,10-21,23-25H2,1H3. The minimum absolute atomic E-state index is 0.601. The number of nitrogens with zero attached hydrogens (tertiary/aromatic N) is 4. The molecule has 3 fully saturated rings. The fourth-order valence-corrected chi connectivity index (χ4v) is 5.83. The Morgan fingerprint density at radius 2 is 1.63 bits per heavy atom. The van der Waals surface area contributed by atoms with Gasteiger partial charge in [0.15, 0.2) is 11.5 Å². The van der Waals surface area contributed by atoms with Gasteiger partial charge < -0.3 is 24.2 Å². The van der Waals surface area contributed by atoms with E-state index in [0.717, 1.165) is 96.6 Å². The van der Waals surface area contributed by atoms with Crippen molar-refractivity contribution < 1.29 is 19.3 Å². The highest BCUT2D eigenvalue weighted by Gasteiger charge is 2.38. The second kappa shape index (κ2) is 13.1. The lowest BCUT2D eigenvalue weighted by Crippen LogP contribution is -2.52. The monoisotopic (exact) mass is 524 g/mol. The Kier molecular flexibility index (Phi) is 9.40. The van der Waals surface area contributed by atoms with Crippen LogP contribution in [0.25, 0.3) is 0 Å². The highest BCUT2D eigenvalue weighted by Crippen LogP contribution is 2.31. The van der Waals surface area contributed by atoms with E-state index >= 15 is 0 Å². The zero-order valence-corrected chi connectivity index (χ0v) is 22.9. The van der Waals surface area contributed by atoms with Crippen molar-refractivity contribution in [3.05, 3.63) is 54.1 Å². The van der Waals surface area contributed by atoms with Crippen LogP contribution in [0.15, 0.2) is 48.5 Å². The van der Waals surface area contributed by atoms with E-state index < -0.39 is 5.60 Å². The molecule has 1 atom stereocenters. The summed E-state index contributed by atoms with van der Waals surface area (Å²) >= 11 is 0. The fourth-order valence-electron chi connectivity index (χ4n) is 5.83. The van der Waals surface area contributed by atoms with E-state index in [0.29, 0.717) is 19.8 Å². The molecular weight excluding hydrogens is 480 g/mol. The predicted molar refractivity (Wildman–Crippen MR) is 150 cm³/mol. The van der Waals surface area contributed by atoms with Gasteiger partial charge in [-0.3, -0.25) is 14.7 Å². The van der Waals surface area contributed by atoms with Crippen LogP contribution >= 0.6 is 0 Å². The fraction of sp³-hybridized carbons (Fsp3) is 0.600. The van der Waals surface area contributed by atoms with Gasteiger partial charge in [0.05, 0.1) is 25.4 Å². The maximum Gasteiger partial charge on any atom is 0.161 e. The number of piperazine rings is 1. The number of hydrogen-bond acceptors (Lipinski definition) is 8. The molecule has 0 spiro atoms. The lowest BCUT2D eigenvalue weighted by molar-refractivity contribution is 0.00978. The molecule has 3 saturated heterocycles. The van der Waals surface area contributed by atoms with E-state index in [9.17, 15) is 5.11 Å². The summed E-state index contributed by atoms with van der Waals surface area (Å²) in [6.45, 7) is 14.8. The highest BCUT2D eigenvalue weighted by atomic mass is 16.5. The van der Waals surface area contributed by atoms with E-state index in [1.807, 2.05) is 13.0 Å². The molecule has 5 rings (SSSR count). The average molecular weight is 525 g/mol. The van der Waals surface area contributed by atoms with Crippen LogP contribution in [0.3, 0.4) is 0 Å². The van der Waals surface area contributed by atoms with Crippen molar-refractivity contribution in [3.8, 4) is 11.5 Å². The molecule has 208 valence electrons. The molecule has 3 aliphatic rings. The molecule has 8 heteroatoms. The molecule has 0 aromatic heterocycles. The number of morpholine rings is 1. The molecule has 3 aliphatic heterocycles. The molecule has 0 amide bonds. The van der Waals surface area contributed by atoms with Gasteiger partial charge in [-0.05, 0) is 43.2 Å². The van der Waals surface area contributed by atoms with Gasteiger partial charge >= 0.3 is 0 Å². The number of ether oxygens (including phenoxy) is 3. The Hall–Kier alpha value is -2.36. The van der Waals surface area contributed by atoms with E-state index in [1.165, 1.54) is 11.3 Å². The normalized spacial score (nSPS) is 23.6. The number of rotatable bonds is 11. The maximum atomic E-state index is 11.4. The third-order valence-corrected chi connectivity index (χ3v) is 7.91. The topological polar surface area (TPSA) is 60.9 Å². The quantitative estimate of drug-likeness (QED) is 0.482. The summed E-state index contributed by atoms with van der Waals surface area (Å²) in [5.74, 6) is 1.61. The van der Waals surface area contributed by atoms with Gasteiger partial charge in [0, 0.05) is 77.7 Å². The van der Waals surface area contributed by atoms with Crippen LogP contribution in [0.2, 0.25) is 0 Å². The molecule has 1 N–H and O–H groups in total. The third kappa shape index (κ3) is 7.39. The minimum Gasteiger partial charge on any atom is -0.490 e. The van der Waals surface area contributed by atoms with Gasteiger partial charge in [-0.15, -0.1) is 0 Å².